The molecule has 3 heterocycles. The minimum Gasteiger partial charge on any atom is -0.339 e. The second kappa shape index (κ2) is 5.38. The number of aromatic nitrogens is 3. The summed E-state index contributed by atoms with van der Waals surface area (Å²) in [5.74, 6) is 1.26. The Balaban J connectivity index is 1.99. The lowest BCUT2D eigenvalue weighted by Gasteiger charge is -2.13. The molecule has 0 fully saturated rings. The van der Waals surface area contributed by atoms with Crippen molar-refractivity contribution in [2.75, 3.05) is 6.54 Å². The third-order valence-corrected chi connectivity index (χ3v) is 3.75. The lowest BCUT2D eigenvalue weighted by atomic mass is 10.2. The minimum atomic E-state index is -0.0368. The van der Waals surface area contributed by atoms with Gasteiger partial charge in [-0.05, 0) is 23.6 Å². The van der Waals surface area contributed by atoms with Crippen molar-refractivity contribution in [1.29, 1.82) is 0 Å². The average Bonchev–Trinajstić information content (AvgIpc) is 3.13. The molecule has 3 aromatic heterocycles. The van der Waals surface area contributed by atoms with E-state index in [0.717, 1.165) is 0 Å². The van der Waals surface area contributed by atoms with Crippen LogP contribution in [0, 0.1) is 0 Å². The Bertz CT molecular complexity index is 581. The van der Waals surface area contributed by atoms with Crippen LogP contribution in [0.15, 0.2) is 46.6 Å². The fourth-order valence-electron chi connectivity index (χ4n) is 1.98. The molecule has 0 radical (unpaired) electrons. The lowest BCUT2D eigenvalue weighted by molar-refractivity contribution is 0.371. The first-order valence-corrected chi connectivity index (χ1v) is 6.95. The number of nitrogens with zero attached hydrogens (tertiary/aromatic N) is 3. The van der Waals surface area contributed by atoms with Crippen LogP contribution in [0.1, 0.15) is 22.6 Å². The first-order chi connectivity index (χ1) is 9.38. The number of thiophene rings is 1. The summed E-state index contributed by atoms with van der Waals surface area (Å²) in [4.78, 5) is 5.62. The molecule has 0 aliphatic heterocycles. The maximum absolute atomic E-state index is 5.50. The van der Waals surface area contributed by atoms with Crippen LogP contribution in [0.2, 0.25) is 0 Å². The first-order valence-electron chi connectivity index (χ1n) is 6.07. The summed E-state index contributed by atoms with van der Waals surface area (Å²) in [7, 11) is 0. The standard InChI is InChI=1S/C13H14N4OS/c14-6-5-11-15-13(16-18-11)12(10-4-3-9-19-10)17-7-1-2-8-17/h1-4,7-9,12H,5-6,14H2/t12-/m0/s1. The molecule has 0 unspecified atom stereocenters. The molecule has 6 heteroatoms. The van der Waals surface area contributed by atoms with Crippen molar-refractivity contribution in [3.8, 4) is 0 Å². The smallest absolute Gasteiger partial charge is 0.228 e. The molecule has 3 aromatic rings. The van der Waals surface area contributed by atoms with Gasteiger partial charge >= 0.3 is 0 Å². The molecule has 0 aliphatic carbocycles. The fourth-order valence-corrected chi connectivity index (χ4v) is 2.81. The Morgan fingerprint density at radius 2 is 2.16 bits per heavy atom. The van der Waals surface area contributed by atoms with Gasteiger partial charge < -0.3 is 14.8 Å². The normalized spacial score (nSPS) is 12.7. The van der Waals surface area contributed by atoms with Crippen molar-refractivity contribution in [2.45, 2.75) is 12.5 Å². The Kier molecular flexibility index (Phi) is 3.43. The zero-order chi connectivity index (χ0) is 13.1. The predicted molar refractivity (Wildman–Crippen MR) is 73.0 cm³/mol. The zero-order valence-corrected chi connectivity index (χ0v) is 11.1. The molecule has 0 saturated carbocycles. The molecule has 19 heavy (non-hydrogen) atoms. The molecule has 0 aromatic carbocycles. The van der Waals surface area contributed by atoms with E-state index in [1.807, 2.05) is 36.0 Å². The topological polar surface area (TPSA) is 69.9 Å². The highest BCUT2D eigenvalue weighted by Gasteiger charge is 2.22. The fraction of sp³-hybridized carbons (Fsp3) is 0.231. The molecule has 3 rings (SSSR count). The van der Waals surface area contributed by atoms with Crippen molar-refractivity contribution in [3.05, 3.63) is 58.6 Å². The molecule has 0 bridgehead atoms. The molecular weight excluding hydrogens is 260 g/mol. The Morgan fingerprint density at radius 1 is 1.32 bits per heavy atom. The summed E-state index contributed by atoms with van der Waals surface area (Å²) >= 11 is 1.68. The molecule has 2 N–H and O–H groups in total. The molecule has 0 saturated heterocycles. The van der Waals surface area contributed by atoms with Crippen LogP contribution in [-0.4, -0.2) is 21.3 Å². The molecule has 0 spiro atoms. The summed E-state index contributed by atoms with van der Waals surface area (Å²) in [6.07, 6.45) is 4.61. The SMILES string of the molecule is NCCc1nc([C@H](c2cccs2)n2cccc2)no1. The second-order valence-corrected chi connectivity index (χ2v) is 5.11. The van der Waals surface area contributed by atoms with Crippen molar-refractivity contribution in [2.24, 2.45) is 5.73 Å². The van der Waals surface area contributed by atoms with Gasteiger partial charge in [0.2, 0.25) is 5.89 Å². The highest BCUT2D eigenvalue weighted by molar-refractivity contribution is 7.10. The van der Waals surface area contributed by atoms with Gasteiger partial charge in [0.15, 0.2) is 5.82 Å². The second-order valence-electron chi connectivity index (χ2n) is 4.13. The number of rotatable bonds is 5. The van der Waals surface area contributed by atoms with Crippen LogP contribution in [0.25, 0.3) is 0 Å². The van der Waals surface area contributed by atoms with Gasteiger partial charge in [-0.25, -0.2) is 0 Å². The van der Waals surface area contributed by atoms with Gasteiger partial charge in [0, 0.05) is 30.2 Å². The molecule has 0 aliphatic rings. The minimum absolute atomic E-state index is 0.0368. The van der Waals surface area contributed by atoms with Crippen molar-refractivity contribution >= 4 is 11.3 Å². The van der Waals surface area contributed by atoms with Crippen molar-refractivity contribution in [3.63, 3.8) is 0 Å². The van der Waals surface area contributed by atoms with Crippen LogP contribution in [0.5, 0.6) is 0 Å². The Labute approximate surface area is 114 Å². The van der Waals surface area contributed by atoms with Crippen LogP contribution in [0.3, 0.4) is 0 Å². The number of nitrogens with two attached hydrogens (primary N) is 1. The van der Waals surface area contributed by atoms with Crippen LogP contribution < -0.4 is 5.73 Å². The quantitative estimate of drug-likeness (QED) is 0.773. The number of hydrogen-bond donors (Lipinski definition) is 1. The van der Waals surface area contributed by atoms with E-state index >= 15 is 0 Å². The summed E-state index contributed by atoms with van der Waals surface area (Å²) in [5, 5.41) is 6.14. The third-order valence-electron chi connectivity index (χ3n) is 2.82. The molecule has 98 valence electrons. The Hall–Kier alpha value is -1.92. The summed E-state index contributed by atoms with van der Waals surface area (Å²) in [6.45, 7) is 0.509. The van der Waals surface area contributed by atoms with E-state index in [1.165, 1.54) is 4.88 Å². The van der Waals surface area contributed by atoms with Gasteiger partial charge in [-0.15, -0.1) is 11.3 Å². The summed E-state index contributed by atoms with van der Waals surface area (Å²) < 4.78 is 7.30. The monoisotopic (exact) mass is 274 g/mol. The predicted octanol–water partition coefficient (Wildman–Crippen LogP) is 2.07. The highest BCUT2D eigenvalue weighted by Crippen LogP contribution is 2.28. The maximum atomic E-state index is 5.50. The van der Waals surface area contributed by atoms with E-state index in [9.17, 15) is 0 Å². The van der Waals surface area contributed by atoms with E-state index in [2.05, 4.69) is 20.8 Å². The van der Waals surface area contributed by atoms with Gasteiger partial charge in [0.25, 0.3) is 0 Å². The largest absolute Gasteiger partial charge is 0.339 e. The van der Waals surface area contributed by atoms with E-state index in [1.54, 1.807) is 11.3 Å². The molecule has 5 nitrogen and oxygen atoms in total. The summed E-state index contributed by atoms with van der Waals surface area (Å²) in [5.41, 5.74) is 5.50. The summed E-state index contributed by atoms with van der Waals surface area (Å²) in [6, 6.07) is 8.04. The van der Waals surface area contributed by atoms with Crippen molar-refractivity contribution in [1.82, 2.24) is 14.7 Å². The average molecular weight is 274 g/mol. The van der Waals surface area contributed by atoms with Gasteiger partial charge in [0.1, 0.15) is 6.04 Å². The lowest BCUT2D eigenvalue weighted by Crippen LogP contribution is -2.11. The molecular formula is C13H14N4OS. The van der Waals surface area contributed by atoms with Crippen LogP contribution >= 0.6 is 11.3 Å². The zero-order valence-electron chi connectivity index (χ0n) is 10.3. The van der Waals surface area contributed by atoms with Gasteiger partial charge in [-0.2, -0.15) is 4.98 Å². The van der Waals surface area contributed by atoms with Gasteiger partial charge in [0.05, 0.1) is 0 Å². The third kappa shape index (κ3) is 2.45. The molecule has 1 atom stereocenters. The van der Waals surface area contributed by atoms with E-state index in [-0.39, 0.29) is 6.04 Å². The van der Waals surface area contributed by atoms with Crippen LogP contribution in [-0.2, 0) is 6.42 Å². The van der Waals surface area contributed by atoms with E-state index in [0.29, 0.717) is 24.7 Å². The Morgan fingerprint density at radius 3 is 2.84 bits per heavy atom. The van der Waals surface area contributed by atoms with Gasteiger partial charge in [-0.3, -0.25) is 0 Å². The van der Waals surface area contributed by atoms with E-state index in [4.69, 9.17) is 10.3 Å². The van der Waals surface area contributed by atoms with E-state index < -0.39 is 0 Å². The number of hydrogen-bond acceptors (Lipinski definition) is 5. The van der Waals surface area contributed by atoms with Crippen LogP contribution in [0.4, 0.5) is 0 Å². The van der Waals surface area contributed by atoms with Gasteiger partial charge in [-0.1, -0.05) is 11.2 Å². The maximum Gasteiger partial charge on any atom is 0.228 e. The van der Waals surface area contributed by atoms with Crippen molar-refractivity contribution < 1.29 is 4.52 Å². The first kappa shape index (κ1) is 12.1. The highest BCUT2D eigenvalue weighted by atomic mass is 32.1. The molecule has 0 amide bonds.